The highest BCUT2D eigenvalue weighted by Crippen LogP contribution is 2.48. The molecule has 0 bridgehead atoms. The molecule has 0 saturated heterocycles. The second-order valence-corrected chi connectivity index (χ2v) is 15.3. The molecule has 2 amide bonds. The van der Waals surface area contributed by atoms with Crippen LogP contribution in [0.15, 0.2) is 97.1 Å². The van der Waals surface area contributed by atoms with Gasteiger partial charge in [-0.15, -0.1) is 0 Å². The number of nitrogens with one attached hydrogen (secondary N) is 4. The van der Waals surface area contributed by atoms with E-state index >= 15 is 0 Å². The number of rotatable bonds is 16. The number of alkyl halides is 3. The molecular formula is C41H38Cl2F3N7O4. The minimum absolute atomic E-state index is 0.0107. The monoisotopic (exact) mass is 819 g/mol. The summed E-state index contributed by atoms with van der Waals surface area (Å²) < 4.78 is 43.8. The molecule has 11 nitrogen and oxygen atoms in total. The summed E-state index contributed by atoms with van der Waals surface area (Å²) in [6.45, 7) is 2.40. The molecule has 1 aliphatic carbocycles. The summed E-state index contributed by atoms with van der Waals surface area (Å²) in [5.41, 5.74) is 3.12. The van der Waals surface area contributed by atoms with E-state index in [1.165, 1.54) is 0 Å². The summed E-state index contributed by atoms with van der Waals surface area (Å²) in [4.78, 5) is 50.8. The van der Waals surface area contributed by atoms with Crippen molar-refractivity contribution in [3.05, 3.63) is 124 Å². The van der Waals surface area contributed by atoms with E-state index in [1.54, 1.807) is 54.6 Å². The van der Waals surface area contributed by atoms with E-state index in [0.29, 0.717) is 26.9 Å². The lowest BCUT2D eigenvalue weighted by Crippen LogP contribution is -2.44. The average Bonchev–Trinajstić information content (AvgIpc) is 3.96. The van der Waals surface area contributed by atoms with Gasteiger partial charge in [-0.25, -0.2) is 0 Å². The maximum absolute atomic E-state index is 13.0. The number of amides is 2. The Balaban J connectivity index is 1.01. The van der Waals surface area contributed by atoms with E-state index in [4.69, 9.17) is 27.9 Å². The van der Waals surface area contributed by atoms with E-state index in [1.807, 2.05) is 56.3 Å². The van der Waals surface area contributed by atoms with Crippen LogP contribution in [0.25, 0.3) is 11.1 Å². The van der Waals surface area contributed by atoms with E-state index in [-0.39, 0.29) is 37.3 Å². The highest BCUT2D eigenvalue weighted by Gasteiger charge is 2.45. The molecular weight excluding hydrogens is 782 g/mol. The number of ketones is 1. The first-order valence-electron chi connectivity index (χ1n) is 17.9. The summed E-state index contributed by atoms with van der Waals surface area (Å²) in [5.74, 6) is -1.76. The molecule has 1 aliphatic rings. The van der Waals surface area contributed by atoms with Crippen LogP contribution < -0.4 is 26.0 Å². The molecule has 1 heterocycles. The quantitative estimate of drug-likeness (QED) is 0.0722. The number of nitrogens with zero attached hydrogens (tertiary/aromatic N) is 3. The molecule has 0 spiro atoms. The lowest BCUT2D eigenvalue weighted by atomic mass is 9.93. The first-order valence-corrected chi connectivity index (χ1v) is 18.6. The number of benzene rings is 4. The van der Waals surface area contributed by atoms with Gasteiger partial charge in [0.1, 0.15) is 0 Å². The number of hydrogen-bond acceptors (Lipinski definition) is 9. The summed E-state index contributed by atoms with van der Waals surface area (Å²) in [5, 5.41) is 12.9. The van der Waals surface area contributed by atoms with Crippen molar-refractivity contribution in [3.8, 4) is 17.1 Å². The summed E-state index contributed by atoms with van der Waals surface area (Å²) >= 11 is 12.1. The fourth-order valence-corrected chi connectivity index (χ4v) is 6.07. The van der Waals surface area contributed by atoms with E-state index in [9.17, 15) is 27.6 Å². The van der Waals surface area contributed by atoms with Gasteiger partial charge in [-0.3, -0.25) is 14.4 Å². The Labute approximate surface area is 336 Å². The van der Waals surface area contributed by atoms with Crippen molar-refractivity contribution in [2.45, 2.75) is 44.8 Å². The number of halogens is 5. The van der Waals surface area contributed by atoms with E-state index in [2.05, 4.69) is 36.2 Å². The van der Waals surface area contributed by atoms with E-state index < -0.39 is 41.4 Å². The van der Waals surface area contributed by atoms with Gasteiger partial charge in [-0.05, 0) is 89.0 Å². The number of carbonyl (C=O) groups excluding carboxylic acids is 3. The van der Waals surface area contributed by atoms with Gasteiger partial charge in [0.15, 0.2) is 6.61 Å². The van der Waals surface area contributed by atoms with Crippen LogP contribution in [-0.2, 0) is 21.5 Å². The number of hydrogen-bond donors (Lipinski definition) is 4. The van der Waals surface area contributed by atoms with Gasteiger partial charge in [0.2, 0.25) is 17.7 Å². The van der Waals surface area contributed by atoms with Crippen LogP contribution in [0, 0.1) is 5.41 Å². The van der Waals surface area contributed by atoms with Crippen molar-refractivity contribution >= 4 is 58.4 Å². The van der Waals surface area contributed by atoms with E-state index in [0.717, 1.165) is 29.5 Å². The van der Waals surface area contributed by atoms with Gasteiger partial charge in [0, 0.05) is 40.8 Å². The van der Waals surface area contributed by atoms with Gasteiger partial charge < -0.3 is 26.0 Å². The molecule has 1 fully saturated rings. The van der Waals surface area contributed by atoms with Crippen LogP contribution in [0.4, 0.5) is 30.8 Å². The maximum atomic E-state index is 13.0. The zero-order valence-corrected chi connectivity index (χ0v) is 32.4. The zero-order valence-electron chi connectivity index (χ0n) is 30.8. The van der Waals surface area contributed by atoms with Crippen molar-refractivity contribution in [3.63, 3.8) is 0 Å². The van der Waals surface area contributed by atoms with Crippen LogP contribution in [-0.4, -0.2) is 58.4 Å². The Morgan fingerprint density at radius 2 is 1.44 bits per heavy atom. The van der Waals surface area contributed by atoms with Crippen LogP contribution in [0.3, 0.4) is 0 Å². The topological polar surface area (TPSA) is 147 Å². The van der Waals surface area contributed by atoms with Crippen molar-refractivity contribution in [2.75, 3.05) is 30.3 Å². The Hall–Kier alpha value is -5.73. The van der Waals surface area contributed by atoms with Crippen molar-refractivity contribution < 1.29 is 32.3 Å². The third-order valence-corrected chi connectivity index (χ3v) is 9.55. The fourth-order valence-electron chi connectivity index (χ4n) is 5.76. The van der Waals surface area contributed by atoms with Gasteiger partial charge in [-0.2, -0.15) is 28.1 Å². The summed E-state index contributed by atoms with van der Waals surface area (Å²) in [6.07, 6.45) is -3.20. The highest BCUT2D eigenvalue weighted by molar-refractivity contribution is 6.36. The number of ether oxygens (including phenoxy) is 1. The van der Waals surface area contributed by atoms with Crippen LogP contribution in [0.5, 0.6) is 6.01 Å². The molecule has 4 aromatic carbocycles. The molecule has 0 aliphatic heterocycles. The largest absolute Gasteiger partial charge is 0.454 e. The second-order valence-electron chi connectivity index (χ2n) is 14.4. The standard InChI is InChI=1S/C41H38Cl2F3N7O4/c1-39(2,23-48-35(56)33(54)20-25-6-8-26(9-7-25)28-4-3-5-31(43)21-28)22-47-34(55)27-10-16-32(17-11-27)49-36-50-37(52-38(51-36)57-24-41(44,45)46)53-40(18-19-40)29-12-14-30(42)15-13-29/h3-17,21H,18-20,22-24H2,1-2H3,(H,47,55)(H,48,56)(H2,49,50,51,52,53). The Morgan fingerprint density at radius 1 is 0.772 bits per heavy atom. The van der Waals surface area contributed by atoms with Crippen molar-refractivity contribution in [1.82, 2.24) is 25.6 Å². The molecule has 6 rings (SSSR count). The molecule has 57 heavy (non-hydrogen) atoms. The third-order valence-electron chi connectivity index (χ3n) is 9.07. The third kappa shape index (κ3) is 11.6. The first-order chi connectivity index (χ1) is 27.0. The number of Topliss-reactive ketones (excluding diaryl/α,β-unsaturated/α-hetero) is 1. The van der Waals surface area contributed by atoms with Gasteiger partial charge in [-0.1, -0.05) is 85.6 Å². The molecule has 1 saturated carbocycles. The molecule has 0 radical (unpaired) electrons. The molecule has 16 heteroatoms. The first kappa shape index (κ1) is 40.9. The van der Waals surface area contributed by atoms with Crippen molar-refractivity contribution in [1.29, 1.82) is 0 Å². The summed E-state index contributed by atoms with van der Waals surface area (Å²) in [6, 6.07) is 27.7. The maximum Gasteiger partial charge on any atom is 0.422 e. The molecule has 4 N–H and O–H groups in total. The second kappa shape index (κ2) is 17.2. The van der Waals surface area contributed by atoms with Crippen molar-refractivity contribution in [2.24, 2.45) is 5.41 Å². The Bertz CT molecular complexity index is 2230. The smallest absolute Gasteiger partial charge is 0.422 e. The highest BCUT2D eigenvalue weighted by atomic mass is 35.5. The molecule has 296 valence electrons. The Morgan fingerprint density at radius 3 is 2.09 bits per heavy atom. The van der Waals surface area contributed by atoms with Gasteiger partial charge >= 0.3 is 12.2 Å². The predicted octanol–water partition coefficient (Wildman–Crippen LogP) is 8.32. The van der Waals surface area contributed by atoms with Gasteiger partial charge in [0.25, 0.3) is 11.8 Å². The number of aromatic nitrogens is 3. The minimum atomic E-state index is -4.61. The molecule has 5 aromatic rings. The van der Waals surface area contributed by atoms with Crippen LogP contribution >= 0.6 is 23.2 Å². The molecule has 0 unspecified atom stereocenters. The Kier molecular flexibility index (Phi) is 12.3. The van der Waals surface area contributed by atoms with Gasteiger partial charge in [0.05, 0.1) is 5.54 Å². The normalized spacial score (nSPS) is 13.3. The number of anilines is 3. The number of carbonyl (C=O) groups is 3. The lowest BCUT2D eigenvalue weighted by molar-refractivity contribution is -0.154. The fraction of sp³-hybridized carbons (Fsp3) is 0.268. The predicted molar refractivity (Wildman–Crippen MR) is 212 cm³/mol. The summed E-state index contributed by atoms with van der Waals surface area (Å²) in [7, 11) is 0. The lowest BCUT2D eigenvalue weighted by Gasteiger charge is -2.25. The zero-order chi connectivity index (χ0) is 40.8. The molecule has 1 aromatic heterocycles. The van der Waals surface area contributed by atoms with Crippen LogP contribution in [0.2, 0.25) is 10.0 Å². The SMILES string of the molecule is CC(C)(CNC(=O)C(=O)Cc1ccc(-c2cccc(Cl)c2)cc1)CNC(=O)c1ccc(Nc2nc(NC3(c4ccc(Cl)cc4)CC3)nc(OCC(F)(F)F)n2)cc1. The molecule has 0 atom stereocenters. The average molecular weight is 821 g/mol. The van der Waals surface area contributed by atoms with Crippen LogP contribution in [0.1, 0.15) is 48.2 Å². The minimum Gasteiger partial charge on any atom is -0.454 e.